The van der Waals surface area contributed by atoms with Gasteiger partial charge in [-0.25, -0.2) is 0 Å². The molecular weight excluding hydrogens is 430 g/mol. The Morgan fingerprint density at radius 2 is 1.34 bits per heavy atom. The molecule has 4 nitrogen and oxygen atoms in total. The second kappa shape index (κ2) is 13.8. The zero-order valence-corrected chi connectivity index (χ0v) is 20.8. The van der Waals surface area contributed by atoms with Gasteiger partial charge in [0, 0.05) is 0 Å². The van der Waals surface area contributed by atoms with Crippen LogP contribution in [0, 0.1) is 0 Å². The molecule has 4 rings (SSSR count). The van der Waals surface area contributed by atoms with Gasteiger partial charge in [-0.15, -0.1) is 0 Å². The molecule has 32 heavy (non-hydrogen) atoms. The molecule has 3 aromatic carbocycles. The van der Waals surface area contributed by atoms with Crippen molar-refractivity contribution in [2.75, 3.05) is 28.2 Å². The Balaban J connectivity index is 0.000000547. The van der Waals surface area contributed by atoms with Crippen molar-refractivity contribution < 1.29 is 25.5 Å². The molecule has 1 aliphatic carbocycles. The van der Waals surface area contributed by atoms with Crippen LogP contribution in [0.25, 0.3) is 16.7 Å². The van der Waals surface area contributed by atoms with Crippen molar-refractivity contribution in [3.05, 3.63) is 123 Å². The van der Waals surface area contributed by atoms with Crippen LogP contribution >= 0.6 is 0 Å². The third-order valence-corrected chi connectivity index (χ3v) is 5.35. The number of rotatable bonds is 4. The van der Waals surface area contributed by atoms with Gasteiger partial charge in [-0.05, 0) is 0 Å². The third kappa shape index (κ3) is 7.01. The molecule has 5 heteroatoms. The molecular formula is C27H30N3OTi. The number of nitrogens with zero attached hydrogens (tertiary/aromatic N) is 3. The second-order valence-electron chi connectivity index (χ2n) is 7.32. The van der Waals surface area contributed by atoms with Gasteiger partial charge in [-0.2, -0.15) is 28.2 Å². The predicted octanol–water partition coefficient (Wildman–Crippen LogP) is 6.19. The molecule has 0 aliphatic heterocycles. The number of carbonyl (C=O) groups is 1. The van der Waals surface area contributed by atoms with Crippen molar-refractivity contribution >= 4 is 12.0 Å². The fraction of sp³-hybridized carbons (Fsp3) is 0.222. The second-order valence-corrected chi connectivity index (χ2v) is 8.16. The van der Waals surface area contributed by atoms with E-state index in [1.807, 2.05) is 57.1 Å². The van der Waals surface area contributed by atoms with Crippen molar-refractivity contribution in [3.8, 4) is 0 Å². The molecule has 163 valence electrons. The average molecular weight is 460 g/mol. The molecule has 0 heterocycles. The number of amides is 1. The van der Waals surface area contributed by atoms with Gasteiger partial charge < -0.3 is 10.6 Å². The zero-order chi connectivity index (χ0) is 23.3. The van der Waals surface area contributed by atoms with Crippen LogP contribution in [0.5, 0.6) is 0 Å². The van der Waals surface area contributed by atoms with Gasteiger partial charge in [0.25, 0.3) is 0 Å². The summed E-state index contributed by atoms with van der Waals surface area (Å²) in [4.78, 5) is 12.7. The first-order valence-corrected chi connectivity index (χ1v) is 11.2. The number of hydrogen-bond donors (Lipinski definition) is 0. The third-order valence-electron chi connectivity index (χ3n) is 4.78. The summed E-state index contributed by atoms with van der Waals surface area (Å²) in [7, 11) is 7.00. The summed E-state index contributed by atoms with van der Waals surface area (Å²) < 4.78 is 1.79. The molecule has 0 radical (unpaired) electrons. The molecule has 0 spiro atoms. The Labute approximate surface area is 204 Å². The molecule has 3 aromatic rings. The van der Waals surface area contributed by atoms with Gasteiger partial charge in [0.1, 0.15) is 0 Å². The Morgan fingerprint density at radius 3 is 2.00 bits per heavy atom. The molecule has 0 fully saturated rings. The molecule has 1 atom stereocenters. The molecule has 1 unspecified atom stereocenters. The Kier molecular flexibility index (Phi) is 11.1. The maximum atomic E-state index is 12.7. The minimum atomic E-state index is 0.0442. The zero-order valence-electron chi connectivity index (χ0n) is 19.2. The van der Waals surface area contributed by atoms with Crippen LogP contribution in [0.3, 0.4) is 0 Å². The van der Waals surface area contributed by atoms with E-state index in [2.05, 4.69) is 65.3 Å². The van der Waals surface area contributed by atoms with Crippen molar-refractivity contribution in [1.29, 1.82) is 0 Å². The Hall–Kier alpha value is -2.50. The summed E-state index contributed by atoms with van der Waals surface area (Å²) in [6.07, 6.45) is 4.44. The van der Waals surface area contributed by atoms with E-state index in [1.165, 1.54) is 22.3 Å². The summed E-state index contributed by atoms with van der Waals surface area (Å²) in [5, 5.41) is 7.00. The van der Waals surface area contributed by atoms with E-state index in [9.17, 15) is 4.79 Å². The van der Waals surface area contributed by atoms with Gasteiger partial charge in [0.2, 0.25) is 0 Å². The van der Waals surface area contributed by atoms with Crippen molar-refractivity contribution in [2.24, 2.45) is 0 Å². The van der Waals surface area contributed by atoms with Crippen LogP contribution in [-0.4, -0.2) is 37.5 Å². The Morgan fingerprint density at radius 1 is 0.812 bits per heavy atom. The molecule has 0 saturated heterocycles. The van der Waals surface area contributed by atoms with E-state index < -0.39 is 0 Å². The monoisotopic (exact) mass is 460 g/mol. The SMILES string of the molecule is C[N-]C.C[N-]C.O=C(c1ccccc1)[N]([Ti+2])Cc1ccccc1C1C=Cc2ccccc21. The first-order chi connectivity index (χ1) is 15.6. The molecule has 1 amide bonds. The summed E-state index contributed by atoms with van der Waals surface area (Å²) in [6, 6.07) is 26.4. The first-order valence-electron chi connectivity index (χ1n) is 10.5. The van der Waals surface area contributed by atoms with Crippen molar-refractivity contribution in [3.63, 3.8) is 0 Å². The number of fused-ring (bicyclic) bond motifs is 1. The van der Waals surface area contributed by atoms with E-state index in [4.69, 9.17) is 0 Å². The molecule has 0 bridgehead atoms. The van der Waals surface area contributed by atoms with Gasteiger partial charge >= 0.3 is 166 Å². The summed E-state index contributed by atoms with van der Waals surface area (Å²) in [5.41, 5.74) is 5.78. The van der Waals surface area contributed by atoms with E-state index in [0.717, 1.165) is 5.56 Å². The molecule has 1 aliphatic rings. The van der Waals surface area contributed by atoms with Crippen molar-refractivity contribution in [2.45, 2.75) is 12.5 Å². The van der Waals surface area contributed by atoms with Crippen molar-refractivity contribution in [1.82, 2.24) is 3.38 Å². The van der Waals surface area contributed by atoms with Crippen LogP contribution in [0.4, 0.5) is 0 Å². The number of hydrogen-bond acceptors (Lipinski definition) is 1. The van der Waals surface area contributed by atoms with E-state index in [0.29, 0.717) is 6.54 Å². The quantitative estimate of drug-likeness (QED) is 0.429. The molecule has 0 N–H and O–H groups in total. The van der Waals surface area contributed by atoms with Gasteiger partial charge in [-0.1, -0.05) is 0 Å². The summed E-state index contributed by atoms with van der Waals surface area (Å²) in [6.45, 7) is 0.594. The average Bonchev–Trinajstić information content (AvgIpc) is 3.24. The van der Waals surface area contributed by atoms with Gasteiger partial charge in [0.15, 0.2) is 0 Å². The standard InChI is InChI=1S/C23H19NO.2C2H6N.Ti/c25-23(18-9-2-1-3-10-18)24-16-19-11-5-7-13-21(19)22-15-14-17-8-4-6-12-20(17)22;2*1-3-2;/h1-15,22H,16H2,(H,24,25);2*1-2H3;/q;2*-1;+3/p-1. The van der Waals surface area contributed by atoms with Crippen LogP contribution in [-0.2, 0) is 27.2 Å². The van der Waals surface area contributed by atoms with Crippen LogP contribution in [0.15, 0.2) is 84.9 Å². The van der Waals surface area contributed by atoms with Crippen LogP contribution in [0.2, 0.25) is 0 Å². The van der Waals surface area contributed by atoms with E-state index in [-0.39, 0.29) is 11.8 Å². The topological polar surface area (TPSA) is 48.5 Å². The number of carbonyl (C=O) groups excluding carboxylic acids is 1. The number of allylic oxidation sites excluding steroid dienone is 1. The normalized spacial score (nSPS) is 13.2. The number of benzene rings is 3. The summed E-state index contributed by atoms with van der Waals surface area (Å²) in [5.74, 6) is 0.297. The van der Waals surface area contributed by atoms with Crippen LogP contribution < -0.4 is 0 Å². The van der Waals surface area contributed by atoms with Gasteiger partial charge in [0.05, 0.1) is 0 Å². The van der Waals surface area contributed by atoms with Crippen LogP contribution in [0.1, 0.15) is 38.5 Å². The molecule has 0 saturated carbocycles. The Bertz CT molecular complexity index is 1000. The van der Waals surface area contributed by atoms with E-state index >= 15 is 0 Å². The first kappa shape index (κ1) is 25.8. The molecule has 0 aromatic heterocycles. The predicted molar refractivity (Wildman–Crippen MR) is 130 cm³/mol. The van der Waals surface area contributed by atoms with E-state index in [1.54, 1.807) is 31.6 Å². The minimum absolute atomic E-state index is 0.0442. The summed E-state index contributed by atoms with van der Waals surface area (Å²) >= 11 is 1.87. The van der Waals surface area contributed by atoms with Gasteiger partial charge in [-0.3, -0.25) is 0 Å². The fourth-order valence-electron chi connectivity index (χ4n) is 3.48. The fourth-order valence-corrected chi connectivity index (χ4v) is 3.95. The maximum absolute atomic E-state index is 12.7.